The van der Waals surface area contributed by atoms with E-state index in [9.17, 15) is 0 Å². The molecule has 1 aromatic heterocycles. The van der Waals surface area contributed by atoms with Crippen LogP contribution in [0.1, 0.15) is 20.8 Å². The zero-order chi connectivity index (χ0) is 17.8. The largest absolute Gasteiger partial charge is 0.397 e. The molecule has 1 heterocycles. The predicted molar refractivity (Wildman–Crippen MR) is 109 cm³/mol. The third-order valence-corrected chi connectivity index (χ3v) is 4.75. The molecular weight excluding hydrogens is 306 g/mol. The van der Waals surface area contributed by atoms with Crippen molar-refractivity contribution in [3.63, 3.8) is 0 Å². The number of benzene rings is 3. The Morgan fingerprint density at radius 3 is 2.12 bits per heavy atom. The van der Waals surface area contributed by atoms with E-state index in [0.29, 0.717) is 11.4 Å². The molecule has 0 bridgehead atoms. The number of nitrogens with zero attached hydrogens (tertiary/aromatic N) is 1. The quantitative estimate of drug-likeness (QED) is 0.461. The van der Waals surface area contributed by atoms with Gasteiger partial charge in [-0.25, -0.2) is 0 Å². The van der Waals surface area contributed by atoms with Gasteiger partial charge < -0.3 is 16.0 Å². The Balaban J connectivity index is 2.25. The van der Waals surface area contributed by atoms with Gasteiger partial charge in [-0.05, 0) is 38.5 Å². The van der Waals surface area contributed by atoms with Crippen molar-refractivity contribution in [1.29, 1.82) is 0 Å². The van der Waals surface area contributed by atoms with Gasteiger partial charge in [0.05, 0.1) is 22.4 Å². The lowest BCUT2D eigenvalue weighted by molar-refractivity contribution is 0.423. The van der Waals surface area contributed by atoms with Gasteiger partial charge in [-0.1, -0.05) is 48.5 Å². The molecule has 0 aliphatic carbocycles. The summed E-state index contributed by atoms with van der Waals surface area (Å²) in [6.07, 6.45) is 0. The van der Waals surface area contributed by atoms with Crippen LogP contribution in [0.2, 0.25) is 0 Å². The maximum absolute atomic E-state index is 6.13. The molecule has 4 aromatic rings. The SMILES string of the molecule is CC(C)(C)n1c2cc(N)c(N)cc2c2cccc(-c3ccccc3)c21. The third kappa shape index (κ3) is 2.35. The number of nitrogen functional groups attached to an aromatic ring is 2. The fourth-order valence-electron chi connectivity index (χ4n) is 3.69. The van der Waals surface area contributed by atoms with Gasteiger partial charge in [0, 0.05) is 21.9 Å². The zero-order valence-corrected chi connectivity index (χ0v) is 14.9. The van der Waals surface area contributed by atoms with Crippen molar-refractivity contribution in [3.05, 3.63) is 60.7 Å². The molecule has 126 valence electrons. The summed E-state index contributed by atoms with van der Waals surface area (Å²) >= 11 is 0. The molecule has 0 aliphatic rings. The number of hydrogen-bond donors (Lipinski definition) is 2. The van der Waals surface area contributed by atoms with E-state index in [1.807, 2.05) is 18.2 Å². The van der Waals surface area contributed by atoms with E-state index in [0.717, 1.165) is 10.9 Å². The molecule has 0 fully saturated rings. The van der Waals surface area contributed by atoms with Gasteiger partial charge >= 0.3 is 0 Å². The first-order valence-electron chi connectivity index (χ1n) is 8.56. The van der Waals surface area contributed by atoms with E-state index in [4.69, 9.17) is 11.5 Å². The highest BCUT2D eigenvalue weighted by molar-refractivity contribution is 6.14. The minimum absolute atomic E-state index is 0.0898. The van der Waals surface area contributed by atoms with Gasteiger partial charge in [0.15, 0.2) is 0 Å². The highest BCUT2D eigenvalue weighted by Crippen LogP contribution is 2.41. The van der Waals surface area contributed by atoms with Crippen LogP contribution in [0.5, 0.6) is 0 Å². The first-order chi connectivity index (χ1) is 11.9. The van der Waals surface area contributed by atoms with E-state index in [1.54, 1.807) is 0 Å². The molecule has 4 N–H and O–H groups in total. The van der Waals surface area contributed by atoms with Gasteiger partial charge in [0.25, 0.3) is 0 Å². The van der Waals surface area contributed by atoms with Crippen LogP contribution >= 0.6 is 0 Å². The summed E-state index contributed by atoms with van der Waals surface area (Å²) in [5, 5.41) is 2.35. The second-order valence-corrected chi connectivity index (χ2v) is 7.57. The second kappa shape index (κ2) is 5.28. The highest BCUT2D eigenvalue weighted by atomic mass is 15.1. The molecule has 25 heavy (non-hydrogen) atoms. The molecule has 3 aromatic carbocycles. The zero-order valence-electron chi connectivity index (χ0n) is 14.9. The van der Waals surface area contributed by atoms with Crippen molar-refractivity contribution in [2.75, 3.05) is 11.5 Å². The minimum atomic E-state index is -0.0898. The summed E-state index contributed by atoms with van der Waals surface area (Å²) in [7, 11) is 0. The summed E-state index contributed by atoms with van der Waals surface area (Å²) in [4.78, 5) is 0. The lowest BCUT2D eigenvalue weighted by Crippen LogP contribution is -2.21. The van der Waals surface area contributed by atoms with Crippen LogP contribution in [-0.2, 0) is 5.54 Å². The Labute approximate surface area is 147 Å². The fourth-order valence-corrected chi connectivity index (χ4v) is 3.69. The van der Waals surface area contributed by atoms with Crippen LogP contribution < -0.4 is 11.5 Å². The molecule has 0 unspecified atom stereocenters. The van der Waals surface area contributed by atoms with E-state index in [2.05, 4.69) is 67.8 Å². The molecule has 0 saturated heterocycles. The Morgan fingerprint density at radius 1 is 0.760 bits per heavy atom. The van der Waals surface area contributed by atoms with Crippen molar-refractivity contribution in [3.8, 4) is 11.1 Å². The molecule has 0 amide bonds. The van der Waals surface area contributed by atoms with E-state index in [-0.39, 0.29) is 5.54 Å². The van der Waals surface area contributed by atoms with Crippen molar-refractivity contribution >= 4 is 33.2 Å². The molecule has 4 rings (SSSR count). The lowest BCUT2D eigenvalue weighted by atomic mass is 10.0. The Hall–Kier alpha value is -2.94. The Bertz CT molecular complexity index is 1080. The number of rotatable bonds is 1. The first kappa shape index (κ1) is 15.6. The smallest absolute Gasteiger partial charge is 0.0576 e. The number of anilines is 2. The standard InChI is InChI=1S/C22H23N3/c1-22(2,3)25-20-13-19(24)18(23)12-17(20)16-11-7-10-15(21(16)25)14-8-5-4-6-9-14/h4-13H,23-24H2,1-3H3. The van der Waals surface area contributed by atoms with Crippen LogP contribution in [-0.4, -0.2) is 4.57 Å². The van der Waals surface area contributed by atoms with Gasteiger partial charge in [0.2, 0.25) is 0 Å². The summed E-state index contributed by atoms with van der Waals surface area (Å²) < 4.78 is 2.38. The topological polar surface area (TPSA) is 57.0 Å². The van der Waals surface area contributed by atoms with Crippen molar-refractivity contribution < 1.29 is 0 Å². The predicted octanol–water partition coefficient (Wildman–Crippen LogP) is 5.38. The monoisotopic (exact) mass is 329 g/mol. The average Bonchev–Trinajstić information content (AvgIpc) is 2.89. The number of fused-ring (bicyclic) bond motifs is 3. The van der Waals surface area contributed by atoms with Crippen molar-refractivity contribution in [1.82, 2.24) is 4.57 Å². The second-order valence-electron chi connectivity index (χ2n) is 7.57. The highest BCUT2D eigenvalue weighted by Gasteiger charge is 2.23. The van der Waals surface area contributed by atoms with E-state index < -0.39 is 0 Å². The van der Waals surface area contributed by atoms with Gasteiger partial charge in [0.1, 0.15) is 0 Å². The molecule has 0 saturated carbocycles. The normalized spacial score (nSPS) is 12.1. The molecule has 0 atom stereocenters. The van der Waals surface area contributed by atoms with Crippen LogP contribution in [0.15, 0.2) is 60.7 Å². The minimum Gasteiger partial charge on any atom is -0.397 e. The van der Waals surface area contributed by atoms with Gasteiger partial charge in [-0.2, -0.15) is 0 Å². The Kier molecular flexibility index (Phi) is 3.29. The van der Waals surface area contributed by atoms with E-state index >= 15 is 0 Å². The molecule has 0 radical (unpaired) electrons. The Morgan fingerprint density at radius 2 is 1.44 bits per heavy atom. The number of hydrogen-bond acceptors (Lipinski definition) is 2. The summed E-state index contributed by atoms with van der Waals surface area (Å²) in [6, 6.07) is 21.0. The molecular formula is C22H23N3. The van der Waals surface area contributed by atoms with E-state index in [1.165, 1.54) is 22.0 Å². The van der Waals surface area contributed by atoms with Crippen LogP contribution in [0.4, 0.5) is 11.4 Å². The van der Waals surface area contributed by atoms with Gasteiger partial charge in [-0.15, -0.1) is 0 Å². The molecule has 0 spiro atoms. The maximum atomic E-state index is 6.13. The number of nitrogens with two attached hydrogens (primary N) is 2. The first-order valence-corrected chi connectivity index (χ1v) is 8.56. The average molecular weight is 329 g/mol. The third-order valence-electron chi connectivity index (χ3n) is 4.75. The molecule has 3 nitrogen and oxygen atoms in total. The maximum Gasteiger partial charge on any atom is 0.0576 e. The van der Waals surface area contributed by atoms with Gasteiger partial charge in [-0.3, -0.25) is 0 Å². The van der Waals surface area contributed by atoms with Crippen molar-refractivity contribution in [2.24, 2.45) is 0 Å². The summed E-state index contributed by atoms with van der Waals surface area (Å²) in [5.41, 5.74) is 18.2. The lowest BCUT2D eigenvalue weighted by Gasteiger charge is -2.25. The van der Waals surface area contributed by atoms with Crippen LogP contribution in [0.25, 0.3) is 32.9 Å². The molecule has 0 aliphatic heterocycles. The van der Waals surface area contributed by atoms with Crippen molar-refractivity contribution in [2.45, 2.75) is 26.3 Å². The van der Waals surface area contributed by atoms with Crippen LogP contribution in [0, 0.1) is 0 Å². The van der Waals surface area contributed by atoms with Crippen LogP contribution in [0.3, 0.4) is 0 Å². The molecule has 3 heteroatoms. The summed E-state index contributed by atoms with van der Waals surface area (Å²) in [6.45, 7) is 6.67. The summed E-state index contributed by atoms with van der Waals surface area (Å²) in [5.74, 6) is 0. The number of aromatic nitrogens is 1. The fraction of sp³-hybridized carbons (Fsp3) is 0.182. The number of para-hydroxylation sites is 1.